The minimum absolute atomic E-state index is 0.578. The van der Waals surface area contributed by atoms with E-state index < -0.39 is 0 Å². The van der Waals surface area contributed by atoms with Crippen molar-refractivity contribution in [1.82, 2.24) is 0 Å². The van der Waals surface area contributed by atoms with E-state index in [4.69, 9.17) is 4.99 Å². The van der Waals surface area contributed by atoms with Crippen molar-refractivity contribution >= 4 is 38.5 Å². The van der Waals surface area contributed by atoms with Crippen LogP contribution in [-0.2, 0) is 0 Å². The average molecular weight is 311 g/mol. The second-order valence-electron chi connectivity index (χ2n) is 4.64. The molecule has 1 aromatic carbocycles. The SMILES string of the molecule is Brc1ccc(NC2=NC3CCCC3CS2)cc1. The van der Waals surface area contributed by atoms with E-state index in [9.17, 15) is 0 Å². The molecule has 1 heterocycles. The third kappa shape index (κ3) is 2.68. The van der Waals surface area contributed by atoms with Crippen LogP contribution in [0.4, 0.5) is 5.69 Å². The van der Waals surface area contributed by atoms with E-state index in [1.807, 2.05) is 11.8 Å². The highest BCUT2D eigenvalue weighted by Crippen LogP contribution is 2.35. The highest BCUT2D eigenvalue weighted by Gasteiger charge is 2.30. The van der Waals surface area contributed by atoms with Crippen molar-refractivity contribution in [1.29, 1.82) is 0 Å². The molecule has 4 heteroatoms. The van der Waals surface area contributed by atoms with Crippen LogP contribution >= 0.6 is 27.7 Å². The van der Waals surface area contributed by atoms with Gasteiger partial charge in [-0.05, 0) is 43.0 Å². The predicted molar refractivity (Wildman–Crippen MR) is 78.8 cm³/mol. The zero-order valence-corrected chi connectivity index (χ0v) is 11.9. The summed E-state index contributed by atoms with van der Waals surface area (Å²) in [5.74, 6) is 2.06. The first-order valence-electron chi connectivity index (χ1n) is 6.04. The summed E-state index contributed by atoms with van der Waals surface area (Å²) in [6, 6.07) is 8.83. The van der Waals surface area contributed by atoms with E-state index >= 15 is 0 Å². The standard InChI is InChI=1S/C13H15BrN2S/c14-10-4-6-11(7-5-10)15-13-16-12-3-1-2-9(12)8-17-13/h4-7,9,12H,1-3,8H2,(H,15,16). The van der Waals surface area contributed by atoms with Crippen molar-refractivity contribution in [2.45, 2.75) is 25.3 Å². The molecule has 1 fully saturated rings. The molecule has 1 aromatic rings. The van der Waals surface area contributed by atoms with Crippen LogP contribution in [0.5, 0.6) is 0 Å². The van der Waals surface area contributed by atoms with Gasteiger partial charge in [0.1, 0.15) is 0 Å². The predicted octanol–water partition coefficient (Wildman–Crippen LogP) is 4.13. The summed E-state index contributed by atoms with van der Waals surface area (Å²) in [5.41, 5.74) is 1.12. The van der Waals surface area contributed by atoms with Crippen LogP contribution in [0, 0.1) is 5.92 Å². The summed E-state index contributed by atoms with van der Waals surface area (Å²) in [6.45, 7) is 0. The molecule has 0 radical (unpaired) electrons. The topological polar surface area (TPSA) is 24.4 Å². The number of halogens is 1. The monoisotopic (exact) mass is 310 g/mol. The fourth-order valence-electron chi connectivity index (χ4n) is 2.48. The highest BCUT2D eigenvalue weighted by molar-refractivity contribution is 9.10. The Hall–Kier alpha value is -0.480. The molecule has 3 rings (SSSR count). The number of nitrogens with zero attached hydrogens (tertiary/aromatic N) is 1. The minimum Gasteiger partial charge on any atom is -0.335 e. The normalized spacial score (nSPS) is 27.5. The van der Waals surface area contributed by atoms with Gasteiger partial charge in [0, 0.05) is 15.9 Å². The molecule has 90 valence electrons. The molecule has 1 aliphatic carbocycles. The molecular formula is C13H15BrN2S. The van der Waals surface area contributed by atoms with E-state index in [0.29, 0.717) is 6.04 Å². The maximum absolute atomic E-state index is 4.82. The van der Waals surface area contributed by atoms with Crippen LogP contribution in [0.15, 0.2) is 33.7 Å². The molecule has 0 saturated heterocycles. The van der Waals surface area contributed by atoms with Gasteiger partial charge in [-0.15, -0.1) is 0 Å². The van der Waals surface area contributed by atoms with Crippen LogP contribution in [0.3, 0.4) is 0 Å². The molecule has 1 aliphatic heterocycles. The Kier molecular flexibility index (Phi) is 3.43. The first kappa shape index (κ1) is 11.6. The Morgan fingerprint density at radius 1 is 1.24 bits per heavy atom. The van der Waals surface area contributed by atoms with Crippen LogP contribution in [0.25, 0.3) is 0 Å². The van der Waals surface area contributed by atoms with Gasteiger partial charge in [0.15, 0.2) is 5.17 Å². The Bertz CT molecular complexity index is 430. The highest BCUT2D eigenvalue weighted by atomic mass is 79.9. The summed E-state index contributed by atoms with van der Waals surface area (Å²) in [4.78, 5) is 4.82. The van der Waals surface area contributed by atoms with Crippen LogP contribution in [0.2, 0.25) is 0 Å². The van der Waals surface area contributed by atoms with E-state index in [1.54, 1.807) is 0 Å². The second-order valence-corrected chi connectivity index (χ2v) is 6.56. The average Bonchev–Trinajstić information content (AvgIpc) is 2.79. The zero-order chi connectivity index (χ0) is 11.7. The fraction of sp³-hybridized carbons (Fsp3) is 0.462. The van der Waals surface area contributed by atoms with Crippen molar-refractivity contribution < 1.29 is 0 Å². The van der Waals surface area contributed by atoms with Gasteiger partial charge in [0.25, 0.3) is 0 Å². The number of hydrogen-bond donors (Lipinski definition) is 1. The maximum Gasteiger partial charge on any atom is 0.161 e. The van der Waals surface area contributed by atoms with E-state index in [2.05, 4.69) is 45.5 Å². The first-order chi connectivity index (χ1) is 8.31. The quantitative estimate of drug-likeness (QED) is 0.843. The molecule has 2 atom stereocenters. The lowest BCUT2D eigenvalue weighted by molar-refractivity contribution is 0.535. The van der Waals surface area contributed by atoms with Crippen molar-refractivity contribution in [3.05, 3.63) is 28.7 Å². The Labute approximate surface area is 114 Å². The molecule has 0 amide bonds. The number of rotatable bonds is 1. The number of nitrogens with one attached hydrogen (secondary N) is 1. The summed E-state index contributed by atoms with van der Waals surface area (Å²) in [6.07, 6.45) is 3.99. The lowest BCUT2D eigenvalue weighted by atomic mass is 10.1. The van der Waals surface area contributed by atoms with Gasteiger partial charge in [-0.25, -0.2) is 0 Å². The molecule has 0 aromatic heterocycles. The Balaban J connectivity index is 1.71. The maximum atomic E-state index is 4.82. The molecule has 0 spiro atoms. The van der Waals surface area contributed by atoms with Crippen LogP contribution in [-0.4, -0.2) is 17.0 Å². The van der Waals surface area contributed by atoms with Crippen molar-refractivity contribution in [2.24, 2.45) is 10.9 Å². The van der Waals surface area contributed by atoms with Crippen LogP contribution < -0.4 is 5.32 Å². The number of benzene rings is 1. The molecule has 2 aliphatic rings. The first-order valence-corrected chi connectivity index (χ1v) is 7.82. The summed E-state index contributed by atoms with van der Waals surface area (Å²) in [7, 11) is 0. The number of anilines is 1. The third-order valence-electron chi connectivity index (χ3n) is 3.43. The molecule has 1 saturated carbocycles. The lowest BCUT2D eigenvalue weighted by Crippen LogP contribution is -2.25. The van der Waals surface area contributed by atoms with Crippen molar-refractivity contribution in [3.8, 4) is 0 Å². The molecule has 0 bridgehead atoms. The smallest absolute Gasteiger partial charge is 0.161 e. The number of hydrogen-bond acceptors (Lipinski definition) is 3. The van der Waals surface area contributed by atoms with Gasteiger partial charge in [0.05, 0.1) is 6.04 Å². The second kappa shape index (κ2) is 5.02. The van der Waals surface area contributed by atoms with Crippen LogP contribution in [0.1, 0.15) is 19.3 Å². The summed E-state index contributed by atoms with van der Waals surface area (Å²) in [5, 5.41) is 4.51. The van der Waals surface area contributed by atoms with E-state index in [0.717, 1.165) is 21.2 Å². The van der Waals surface area contributed by atoms with Crippen molar-refractivity contribution in [2.75, 3.05) is 11.1 Å². The summed E-state index contributed by atoms with van der Waals surface area (Å²) < 4.78 is 1.11. The Morgan fingerprint density at radius 2 is 2.06 bits per heavy atom. The zero-order valence-electron chi connectivity index (χ0n) is 9.53. The third-order valence-corrected chi connectivity index (χ3v) is 5.04. The molecule has 1 N–H and O–H groups in total. The van der Waals surface area contributed by atoms with Gasteiger partial charge in [-0.2, -0.15) is 0 Å². The number of amidine groups is 1. The summed E-state index contributed by atoms with van der Waals surface area (Å²) >= 11 is 5.31. The molecule has 2 unspecified atom stereocenters. The van der Waals surface area contributed by atoms with Gasteiger partial charge < -0.3 is 5.32 Å². The Morgan fingerprint density at radius 3 is 2.88 bits per heavy atom. The number of aliphatic imine (C=N–C) groups is 1. The van der Waals surface area contributed by atoms with Gasteiger partial charge in [-0.1, -0.05) is 34.1 Å². The van der Waals surface area contributed by atoms with Crippen molar-refractivity contribution in [3.63, 3.8) is 0 Å². The fourth-order valence-corrected chi connectivity index (χ4v) is 3.91. The largest absolute Gasteiger partial charge is 0.335 e. The van der Waals surface area contributed by atoms with E-state index in [1.165, 1.54) is 25.0 Å². The van der Waals surface area contributed by atoms with Gasteiger partial charge in [-0.3, -0.25) is 4.99 Å². The molecular weight excluding hydrogens is 296 g/mol. The molecule has 17 heavy (non-hydrogen) atoms. The lowest BCUT2D eigenvalue weighted by Gasteiger charge is -2.23. The van der Waals surface area contributed by atoms with Gasteiger partial charge >= 0.3 is 0 Å². The number of thioether (sulfide) groups is 1. The number of fused-ring (bicyclic) bond motifs is 1. The van der Waals surface area contributed by atoms with E-state index in [-0.39, 0.29) is 0 Å². The van der Waals surface area contributed by atoms with Gasteiger partial charge in [0.2, 0.25) is 0 Å². The minimum atomic E-state index is 0.578. The molecule has 2 nitrogen and oxygen atoms in total.